The molecule has 1 N–H and O–H groups in total. The molecule has 6 heteroatoms. The number of carbonyl (C=O) groups is 1. The maximum Gasteiger partial charge on any atom is 0.253 e. The van der Waals surface area contributed by atoms with E-state index in [9.17, 15) is 4.79 Å². The van der Waals surface area contributed by atoms with Crippen LogP contribution in [0.25, 0.3) is 5.65 Å². The number of aromatic nitrogens is 2. The van der Waals surface area contributed by atoms with Gasteiger partial charge in [-0.3, -0.25) is 4.79 Å². The highest BCUT2D eigenvalue weighted by molar-refractivity contribution is 5.94. The summed E-state index contributed by atoms with van der Waals surface area (Å²) < 4.78 is 7.84. The van der Waals surface area contributed by atoms with E-state index >= 15 is 0 Å². The molecule has 2 aromatic heterocycles. The van der Waals surface area contributed by atoms with Crippen LogP contribution in [0, 0.1) is 6.92 Å². The molecule has 26 heavy (non-hydrogen) atoms. The van der Waals surface area contributed by atoms with Crippen LogP contribution in [0.1, 0.15) is 21.6 Å². The number of fused-ring (bicyclic) bond motifs is 1. The second kappa shape index (κ2) is 8.01. The number of hydrogen-bond donors (Lipinski definition) is 1. The Morgan fingerprint density at radius 2 is 2.12 bits per heavy atom. The number of imidazole rings is 1. The van der Waals surface area contributed by atoms with E-state index in [0.29, 0.717) is 24.5 Å². The first-order chi connectivity index (χ1) is 12.6. The molecule has 2 heterocycles. The first-order valence-electron chi connectivity index (χ1n) is 8.64. The van der Waals surface area contributed by atoms with Gasteiger partial charge in [0.1, 0.15) is 18.0 Å². The molecule has 0 aliphatic rings. The van der Waals surface area contributed by atoms with Crippen LogP contribution >= 0.6 is 0 Å². The molecule has 0 aliphatic carbocycles. The summed E-state index contributed by atoms with van der Waals surface area (Å²) in [6, 6.07) is 11.3. The summed E-state index contributed by atoms with van der Waals surface area (Å²) in [5, 5.41) is 3.04. The largest absolute Gasteiger partial charge is 0.487 e. The lowest BCUT2D eigenvalue weighted by molar-refractivity contribution is 0.0796. The quantitative estimate of drug-likeness (QED) is 0.710. The normalized spacial score (nSPS) is 10.9. The van der Waals surface area contributed by atoms with Crippen LogP contribution in [0.3, 0.4) is 0 Å². The number of rotatable bonds is 7. The Bertz CT molecular complexity index is 904. The maximum absolute atomic E-state index is 12.5. The van der Waals surface area contributed by atoms with E-state index in [1.165, 1.54) is 5.56 Å². The van der Waals surface area contributed by atoms with Crippen LogP contribution in [0.2, 0.25) is 0 Å². The molecule has 6 nitrogen and oxygen atoms in total. The summed E-state index contributed by atoms with van der Waals surface area (Å²) in [4.78, 5) is 18.7. The number of aryl methyl sites for hydroxylation is 1. The van der Waals surface area contributed by atoms with Gasteiger partial charge in [0, 0.05) is 38.1 Å². The van der Waals surface area contributed by atoms with E-state index in [2.05, 4.69) is 10.3 Å². The van der Waals surface area contributed by atoms with E-state index in [-0.39, 0.29) is 5.91 Å². The molecule has 0 spiro atoms. The molecule has 0 unspecified atom stereocenters. The van der Waals surface area contributed by atoms with Gasteiger partial charge >= 0.3 is 0 Å². The first-order valence-corrected chi connectivity index (χ1v) is 8.64. The van der Waals surface area contributed by atoms with E-state index in [0.717, 1.165) is 17.9 Å². The number of carbonyl (C=O) groups excluding carboxylic acids is 1. The summed E-state index contributed by atoms with van der Waals surface area (Å²) in [5.41, 5.74) is 3.53. The van der Waals surface area contributed by atoms with Gasteiger partial charge in [-0.1, -0.05) is 12.1 Å². The Morgan fingerprint density at radius 3 is 2.92 bits per heavy atom. The van der Waals surface area contributed by atoms with Crippen molar-refractivity contribution < 1.29 is 9.53 Å². The Balaban J connectivity index is 1.67. The van der Waals surface area contributed by atoms with Crippen molar-refractivity contribution >= 4 is 11.6 Å². The van der Waals surface area contributed by atoms with Crippen molar-refractivity contribution in [1.82, 2.24) is 19.6 Å². The molecule has 3 rings (SSSR count). The number of likely N-dealkylation sites (N-methyl/N-ethyl adjacent to an activating group) is 2. The lowest BCUT2D eigenvalue weighted by atomic mass is 10.2. The van der Waals surface area contributed by atoms with Crippen LogP contribution in [0.5, 0.6) is 5.75 Å². The highest BCUT2D eigenvalue weighted by Gasteiger charge is 2.12. The van der Waals surface area contributed by atoms with Gasteiger partial charge in [-0.05, 0) is 43.8 Å². The van der Waals surface area contributed by atoms with Crippen LogP contribution in [-0.2, 0) is 6.61 Å². The zero-order valence-electron chi connectivity index (χ0n) is 15.4. The Kier molecular flexibility index (Phi) is 5.53. The van der Waals surface area contributed by atoms with Crippen molar-refractivity contribution in [2.45, 2.75) is 13.5 Å². The van der Waals surface area contributed by atoms with E-state index in [1.54, 1.807) is 24.1 Å². The van der Waals surface area contributed by atoms with Gasteiger partial charge in [0.25, 0.3) is 5.91 Å². The Hall–Kier alpha value is -2.86. The first kappa shape index (κ1) is 17.9. The highest BCUT2D eigenvalue weighted by atomic mass is 16.5. The summed E-state index contributed by atoms with van der Waals surface area (Å²) in [6.07, 6.45) is 4.00. The highest BCUT2D eigenvalue weighted by Crippen LogP contribution is 2.17. The van der Waals surface area contributed by atoms with E-state index in [4.69, 9.17) is 4.74 Å². The second-order valence-corrected chi connectivity index (χ2v) is 6.35. The van der Waals surface area contributed by atoms with Gasteiger partial charge in [0.2, 0.25) is 0 Å². The minimum absolute atomic E-state index is 0.0195. The van der Waals surface area contributed by atoms with Gasteiger partial charge < -0.3 is 19.4 Å². The number of amides is 1. The minimum atomic E-state index is -0.0195. The summed E-state index contributed by atoms with van der Waals surface area (Å²) in [5.74, 6) is 0.639. The molecule has 3 aromatic rings. The summed E-state index contributed by atoms with van der Waals surface area (Å²) in [6.45, 7) is 3.81. The SMILES string of the molecule is CNCCN(C)C(=O)c1cccc(OCc2cn3cc(C)ccc3n2)c1. The zero-order valence-corrected chi connectivity index (χ0v) is 15.4. The number of nitrogens with one attached hydrogen (secondary N) is 1. The summed E-state index contributed by atoms with van der Waals surface area (Å²) >= 11 is 0. The summed E-state index contributed by atoms with van der Waals surface area (Å²) in [7, 11) is 3.67. The van der Waals surface area contributed by atoms with Crippen LogP contribution < -0.4 is 10.1 Å². The smallest absolute Gasteiger partial charge is 0.253 e. The topological polar surface area (TPSA) is 58.9 Å². The van der Waals surface area contributed by atoms with Crippen LogP contribution in [0.4, 0.5) is 0 Å². The molecule has 0 bridgehead atoms. The third-order valence-electron chi connectivity index (χ3n) is 4.16. The molecule has 1 amide bonds. The predicted molar refractivity (Wildman–Crippen MR) is 102 cm³/mol. The molecule has 0 aliphatic heterocycles. The van der Waals surface area contributed by atoms with Crippen molar-refractivity contribution in [2.24, 2.45) is 0 Å². The molecular weight excluding hydrogens is 328 g/mol. The standard InChI is InChI=1S/C20H24N4O2/c1-15-7-8-19-22-17(13-24(19)12-15)14-26-18-6-4-5-16(11-18)20(25)23(3)10-9-21-2/h4-8,11-13,21H,9-10,14H2,1-3H3. The van der Waals surface area contributed by atoms with Crippen molar-refractivity contribution in [3.63, 3.8) is 0 Å². The van der Waals surface area contributed by atoms with Crippen molar-refractivity contribution in [3.8, 4) is 5.75 Å². The molecule has 0 saturated carbocycles. The fraction of sp³-hybridized carbons (Fsp3) is 0.300. The number of pyridine rings is 1. The van der Waals surface area contributed by atoms with E-state index < -0.39 is 0 Å². The number of ether oxygens (including phenoxy) is 1. The van der Waals surface area contributed by atoms with Gasteiger partial charge in [-0.15, -0.1) is 0 Å². The molecular formula is C20H24N4O2. The number of nitrogens with zero attached hydrogens (tertiary/aromatic N) is 3. The zero-order chi connectivity index (χ0) is 18.5. The predicted octanol–water partition coefficient (Wildman–Crippen LogP) is 2.51. The monoisotopic (exact) mass is 352 g/mol. The lowest BCUT2D eigenvalue weighted by Crippen LogP contribution is -2.32. The van der Waals surface area contributed by atoms with E-state index in [1.807, 2.05) is 55.0 Å². The average molecular weight is 352 g/mol. The van der Waals surface area contributed by atoms with Crippen molar-refractivity contribution in [1.29, 1.82) is 0 Å². The third-order valence-corrected chi connectivity index (χ3v) is 4.16. The molecule has 136 valence electrons. The van der Waals surface area contributed by atoms with Gasteiger partial charge in [0.05, 0.1) is 5.69 Å². The van der Waals surface area contributed by atoms with Gasteiger partial charge in [-0.25, -0.2) is 4.98 Å². The van der Waals surface area contributed by atoms with Crippen molar-refractivity contribution in [2.75, 3.05) is 27.2 Å². The van der Waals surface area contributed by atoms with Crippen molar-refractivity contribution in [3.05, 3.63) is 65.6 Å². The van der Waals surface area contributed by atoms with Gasteiger partial charge in [-0.2, -0.15) is 0 Å². The third kappa shape index (κ3) is 4.21. The number of benzene rings is 1. The Labute approximate surface area is 153 Å². The average Bonchev–Trinajstić information content (AvgIpc) is 3.06. The fourth-order valence-corrected chi connectivity index (χ4v) is 2.70. The Morgan fingerprint density at radius 1 is 1.27 bits per heavy atom. The van der Waals surface area contributed by atoms with Crippen LogP contribution in [-0.4, -0.2) is 47.4 Å². The molecule has 0 radical (unpaired) electrons. The fourth-order valence-electron chi connectivity index (χ4n) is 2.70. The number of hydrogen-bond acceptors (Lipinski definition) is 4. The lowest BCUT2D eigenvalue weighted by Gasteiger charge is -2.17. The second-order valence-electron chi connectivity index (χ2n) is 6.35. The van der Waals surface area contributed by atoms with Gasteiger partial charge in [0.15, 0.2) is 0 Å². The molecule has 0 saturated heterocycles. The van der Waals surface area contributed by atoms with Crippen LogP contribution in [0.15, 0.2) is 48.8 Å². The molecule has 0 atom stereocenters. The molecule has 1 aromatic carbocycles. The minimum Gasteiger partial charge on any atom is -0.487 e. The molecule has 0 fully saturated rings. The maximum atomic E-state index is 12.5.